The molecule has 0 atom stereocenters. The van der Waals surface area contributed by atoms with Crippen molar-refractivity contribution in [2.24, 2.45) is 0 Å². The molecule has 0 radical (unpaired) electrons. The third-order valence-electron chi connectivity index (χ3n) is 0. The Morgan fingerprint density at radius 2 is 0.750 bits per heavy atom. The van der Waals surface area contributed by atoms with Crippen LogP contribution in [-0.4, -0.2) is 29.7 Å². The maximum absolute atomic E-state index is 4.21. The third kappa shape index (κ3) is 9.66. The zero-order chi connectivity index (χ0) is 4.00. The SMILES string of the molecule is [S]=[GeH2].[S]=[GeH2]. The molecule has 0 rings (SSSR count). The Balaban J connectivity index is 0. The zero-order valence-electron chi connectivity index (χ0n) is 2.23. The van der Waals surface area contributed by atoms with Crippen LogP contribution >= 0.6 is 20.9 Å². The molecular weight excluding hydrogens is 209 g/mol. The Kier molecular flexibility index (Phi) is 55.0. The van der Waals surface area contributed by atoms with Crippen molar-refractivity contribution >= 4 is 50.6 Å². The molecule has 0 aromatic heterocycles. The summed E-state index contributed by atoms with van der Waals surface area (Å²) in [4.78, 5) is 0. The Morgan fingerprint density at radius 3 is 0.750 bits per heavy atom. The molecule has 0 aromatic rings. The van der Waals surface area contributed by atoms with E-state index in [4.69, 9.17) is 0 Å². The second kappa shape index (κ2) is 24.2. The average molecular weight is 213 g/mol. The molecule has 0 fully saturated rings. The average Bonchev–Trinajstić information content (AvgIpc) is 1.50. The first-order valence-electron chi connectivity index (χ1n) is 0.577. The van der Waals surface area contributed by atoms with Crippen molar-refractivity contribution in [2.45, 2.75) is 0 Å². The molecule has 0 heterocycles. The minimum atomic E-state index is 0.958. The van der Waals surface area contributed by atoms with Gasteiger partial charge in [-0.05, 0) is 0 Å². The second-order valence-electron chi connectivity index (χ2n) is 0. The molecule has 0 amide bonds. The van der Waals surface area contributed by atoms with Gasteiger partial charge in [-0.15, -0.1) is 0 Å². The number of rotatable bonds is 0. The fourth-order valence-electron chi connectivity index (χ4n) is 0. The summed E-state index contributed by atoms with van der Waals surface area (Å²) >= 11 is 1.92. The molecule has 0 unspecified atom stereocenters. The van der Waals surface area contributed by atoms with E-state index in [0.717, 1.165) is 29.7 Å². The molecule has 0 aliphatic heterocycles. The van der Waals surface area contributed by atoms with E-state index in [9.17, 15) is 0 Å². The normalized spacial score (nSPS) is 2.00. The van der Waals surface area contributed by atoms with Gasteiger partial charge >= 0.3 is 50.6 Å². The monoisotopic (exact) mass is 216 g/mol. The van der Waals surface area contributed by atoms with Crippen LogP contribution in [-0.2, 0) is 0 Å². The summed E-state index contributed by atoms with van der Waals surface area (Å²) in [5.41, 5.74) is 0. The molecule has 0 bridgehead atoms. The van der Waals surface area contributed by atoms with Crippen molar-refractivity contribution in [3.05, 3.63) is 0 Å². The summed E-state index contributed by atoms with van der Waals surface area (Å²) in [6.07, 6.45) is 0. The van der Waals surface area contributed by atoms with Gasteiger partial charge in [-0.1, -0.05) is 0 Å². The fourth-order valence-corrected chi connectivity index (χ4v) is 0. The number of hydrogen-bond acceptors (Lipinski definition) is 2. The van der Waals surface area contributed by atoms with Crippen molar-refractivity contribution in [1.29, 1.82) is 0 Å². The van der Waals surface area contributed by atoms with Crippen LogP contribution in [0.3, 0.4) is 0 Å². The van der Waals surface area contributed by atoms with Gasteiger partial charge in [0.15, 0.2) is 0 Å². The summed E-state index contributed by atoms with van der Waals surface area (Å²) in [5, 5.41) is 0. The first kappa shape index (κ1) is 9.10. The molecule has 0 aliphatic carbocycles. The van der Waals surface area contributed by atoms with Gasteiger partial charge in [0.1, 0.15) is 0 Å². The summed E-state index contributed by atoms with van der Waals surface area (Å²) in [6.45, 7) is 0. The van der Waals surface area contributed by atoms with E-state index in [-0.39, 0.29) is 0 Å². The molecular formula is H4Ge2S2. The zero-order valence-corrected chi connectivity index (χ0v) is 9.80. The molecule has 0 spiro atoms. The maximum atomic E-state index is 4.21. The molecule has 24 valence electrons. The van der Waals surface area contributed by atoms with Gasteiger partial charge < -0.3 is 0 Å². The summed E-state index contributed by atoms with van der Waals surface area (Å²) in [7, 11) is 8.42. The predicted molar refractivity (Wildman–Crippen MR) is 32.3 cm³/mol. The molecule has 0 aliphatic rings. The van der Waals surface area contributed by atoms with E-state index in [1.165, 1.54) is 0 Å². The quantitative estimate of drug-likeness (QED) is 0.496. The van der Waals surface area contributed by atoms with Gasteiger partial charge in [-0.25, -0.2) is 0 Å². The van der Waals surface area contributed by atoms with Gasteiger partial charge in [0.25, 0.3) is 0 Å². The molecule has 0 aromatic carbocycles. The molecule has 0 N–H and O–H groups in total. The Morgan fingerprint density at radius 1 is 0.750 bits per heavy atom. The van der Waals surface area contributed by atoms with Crippen molar-refractivity contribution in [3.63, 3.8) is 0 Å². The Labute approximate surface area is 50.4 Å². The third-order valence-corrected chi connectivity index (χ3v) is 0. The van der Waals surface area contributed by atoms with Crippen molar-refractivity contribution in [3.8, 4) is 0 Å². The van der Waals surface area contributed by atoms with Crippen LogP contribution in [0.4, 0.5) is 0 Å². The van der Waals surface area contributed by atoms with Gasteiger partial charge in [0, 0.05) is 0 Å². The van der Waals surface area contributed by atoms with Gasteiger partial charge in [0.2, 0.25) is 0 Å². The standard InChI is InChI=1S/2GeH2S/c2*1-2/h2*1H2. The number of hydrogen-bond donors (Lipinski definition) is 0. The van der Waals surface area contributed by atoms with Crippen LogP contribution in [0, 0.1) is 0 Å². The van der Waals surface area contributed by atoms with Gasteiger partial charge in [0.05, 0.1) is 0 Å². The van der Waals surface area contributed by atoms with Gasteiger partial charge in [-0.2, -0.15) is 0 Å². The minimum absolute atomic E-state index is 0.958. The topological polar surface area (TPSA) is 0 Å². The molecule has 0 saturated carbocycles. The Hall–Kier alpha value is 1.53. The van der Waals surface area contributed by atoms with E-state index in [2.05, 4.69) is 20.9 Å². The van der Waals surface area contributed by atoms with E-state index in [1.807, 2.05) is 0 Å². The summed E-state index contributed by atoms with van der Waals surface area (Å²) in [5.74, 6) is 0. The van der Waals surface area contributed by atoms with Crippen LogP contribution in [0.5, 0.6) is 0 Å². The summed E-state index contributed by atoms with van der Waals surface area (Å²) in [6, 6.07) is 0. The van der Waals surface area contributed by atoms with Crippen LogP contribution in [0.1, 0.15) is 0 Å². The van der Waals surface area contributed by atoms with Crippen molar-refractivity contribution in [1.82, 2.24) is 0 Å². The second-order valence-corrected chi connectivity index (χ2v) is 0. The fraction of sp³-hybridized carbons (Fsp3) is 0. The van der Waals surface area contributed by atoms with Crippen LogP contribution < -0.4 is 0 Å². The van der Waals surface area contributed by atoms with Crippen molar-refractivity contribution in [2.75, 3.05) is 0 Å². The first-order chi connectivity index (χ1) is 2.00. The molecule has 4 heavy (non-hydrogen) atoms. The Bertz CT molecular complexity index is 6.00. The van der Waals surface area contributed by atoms with E-state index in [1.54, 1.807) is 0 Å². The molecule has 0 nitrogen and oxygen atoms in total. The van der Waals surface area contributed by atoms with E-state index < -0.39 is 0 Å². The first-order valence-corrected chi connectivity index (χ1v) is 9.00. The summed E-state index contributed by atoms with van der Waals surface area (Å²) < 4.78 is 0. The predicted octanol–water partition coefficient (Wildman–Crippen LogP) is -0.536. The van der Waals surface area contributed by atoms with E-state index in [0.29, 0.717) is 0 Å². The van der Waals surface area contributed by atoms with Crippen LogP contribution in [0.25, 0.3) is 0 Å². The van der Waals surface area contributed by atoms with Crippen LogP contribution in [0.2, 0.25) is 0 Å². The molecule has 4 heteroatoms. The molecule has 0 saturated heterocycles. The van der Waals surface area contributed by atoms with Crippen LogP contribution in [0.15, 0.2) is 0 Å². The van der Waals surface area contributed by atoms with Crippen molar-refractivity contribution < 1.29 is 0 Å². The van der Waals surface area contributed by atoms with E-state index >= 15 is 0 Å². The van der Waals surface area contributed by atoms with Gasteiger partial charge in [-0.3, -0.25) is 0 Å².